The van der Waals surface area contributed by atoms with E-state index in [4.69, 9.17) is 5.73 Å². The Balaban J connectivity index is 2.60. The lowest BCUT2D eigenvalue weighted by atomic mass is 10.0. The van der Waals surface area contributed by atoms with E-state index in [1.54, 1.807) is 0 Å². The smallest absolute Gasteiger partial charge is 0.160 e. The lowest BCUT2D eigenvalue weighted by Crippen LogP contribution is -2.11. The van der Waals surface area contributed by atoms with Crippen LogP contribution in [-0.2, 0) is 10.8 Å². The molecule has 0 saturated heterocycles. The number of benzene rings is 1. The van der Waals surface area contributed by atoms with Gasteiger partial charge in [-0.3, -0.25) is 4.21 Å². The van der Waals surface area contributed by atoms with Crippen LogP contribution in [0.5, 0.6) is 0 Å². The molecule has 0 saturated carbocycles. The summed E-state index contributed by atoms with van der Waals surface area (Å²) in [6, 6.07) is 1.73. The molecule has 0 aliphatic carbocycles. The van der Waals surface area contributed by atoms with E-state index in [2.05, 4.69) is 0 Å². The molecule has 15 heavy (non-hydrogen) atoms. The first-order valence-corrected chi connectivity index (χ1v) is 6.04. The standard InChI is InChI=1S/C10H11F2NOS/c11-7-4-6-9(13)2-1-3-15(14)10(6)5-8(7)12/h4-5,9H,1-3,13H2. The van der Waals surface area contributed by atoms with Crippen LogP contribution in [0, 0.1) is 11.6 Å². The third-order valence-corrected chi connectivity index (χ3v) is 4.05. The maximum Gasteiger partial charge on any atom is 0.160 e. The molecule has 0 bridgehead atoms. The zero-order valence-electron chi connectivity index (χ0n) is 8.00. The van der Waals surface area contributed by atoms with Crippen molar-refractivity contribution < 1.29 is 13.0 Å². The molecule has 2 unspecified atom stereocenters. The minimum Gasteiger partial charge on any atom is -0.324 e. The fraction of sp³-hybridized carbons (Fsp3) is 0.400. The lowest BCUT2D eigenvalue weighted by Gasteiger charge is -2.11. The predicted octanol–water partition coefficient (Wildman–Crippen LogP) is 1.87. The molecule has 1 aliphatic heterocycles. The van der Waals surface area contributed by atoms with E-state index in [-0.39, 0.29) is 6.04 Å². The van der Waals surface area contributed by atoms with Gasteiger partial charge in [0.2, 0.25) is 0 Å². The van der Waals surface area contributed by atoms with Crippen LogP contribution < -0.4 is 5.73 Å². The molecule has 2 rings (SSSR count). The highest BCUT2D eigenvalue weighted by Gasteiger charge is 2.22. The van der Waals surface area contributed by atoms with E-state index in [1.165, 1.54) is 0 Å². The van der Waals surface area contributed by atoms with Gasteiger partial charge in [0.05, 0.1) is 10.8 Å². The van der Waals surface area contributed by atoms with Crippen LogP contribution in [0.15, 0.2) is 17.0 Å². The van der Waals surface area contributed by atoms with Crippen LogP contribution in [-0.4, -0.2) is 9.96 Å². The molecule has 1 aliphatic rings. The van der Waals surface area contributed by atoms with Gasteiger partial charge in [0, 0.05) is 16.7 Å². The molecule has 0 fully saturated rings. The van der Waals surface area contributed by atoms with Crippen LogP contribution in [0.2, 0.25) is 0 Å². The van der Waals surface area contributed by atoms with Crippen molar-refractivity contribution >= 4 is 10.8 Å². The summed E-state index contributed by atoms with van der Waals surface area (Å²) in [4.78, 5) is 0.346. The zero-order valence-corrected chi connectivity index (χ0v) is 8.82. The molecule has 1 heterocycles. The monoisotopic (exact) mass is 231 g/mol. The third kappa shape index (κ3) is 1.94. The van der Waals surface area contributed by atoms with Gasteiger partial charge >= 0.3 is 0 Å². The quantitative estimate of drug-likeness (QED) is 0.740. The Morgan fingerprint density at radius 2 is 2.00 bits per heavy atom. The summed E-state index contributed by atoms with van der Waals surface area (Å²) in [6.45, 7) is 0. The van der Waals surface area contributed by atoms with Crippen LogP contribution in [0.1, 0.15) is 24.4 Å². The molecule has 0 aromatic heterocycles. The van der Waals surface area contributed by atoms with Gasteiger partial charge in [0.1, 0.15) is 0 Å². The van der Waals surface area contributed by atoms with E-state index in [1.807, 2.05) is 0 Å². The van der Waals surface area contributed by atoms with Crippen molar-refractivity contribution in [2.24, 2.45) is 5.73 Å². The Morgan fingerprint density at radius 3 is 2.73 bits per heavy atom. The summed E-state index contributed by atoms with van der Waals surface area (Å²) < 4.78 is 37.7. The number of nitrogens with two attached hydrogens (primary N) is 1. The average molecular weight is 231 g/mol. The lowest BCUT2D eigenvalue weighted by molar-refractivity contribution is 0.499. The molecule has 0 amide bonds. The first-order valence-electron chi connectivity index (χ1n) is 4.72. The molecule has 0 radical (unpaired) electrons. The Morgan fingerprint density at radius 1 is 1.33 bits per heavy atom. The number of fused-ring (bicyclic) bond motifs is 1. The number of rotatable bonds is 0. The number of hydrogen-bond acceptors (Lipinski definition) is 2. The normalized spacial score (nSPS) is 25.8. The molecule has 5 heteroatoms. The summed E-state index contributed by atoms with van der Waals surface area (Å²) in [5.74, 6) is -1.43. The van der Waals surface area contributed by atoms with Gasteiger partial charge in [-0.15, -0.1) is 0 Å². The summed E-state index contributed by atoms with van der Waals surface area (Å²) >= 11 is 0. The SMILES string of the molecule is NC1CCCS(=O)c2cc(F)c(F)cc21. The summed E-state index contributed by atoms with van der Waals surface area (Å²) in [7, 11) is -1.26. The highest BCUT2D eigenvalue weighted by molar-refractivity contribution is 7.85. The maximum absolute atomic E-state index is 13.0. The van der Waals surface area contributed by atoms with Crippen molar-refractivity contribution in [3.8, 4) is 0 Å². The summed E-state index contributed by atoms with van der Waals surface area (Å²) in [6.07, 6.45) is 1.37. The fourth-order valence-electron chi connectivity index (χ4n) is 1.73. The van der Waals surface area contributed by atoms with Gasteiger partial charge in [-0.25, -0.2) is 8.78 Å². The second-order valence-corrected chi connectivity index (χ2v) is 5.14. The number of hydrogen-bond donors (Lipinski definition) is 1. The van der Waals surface area contributed by atoms with E-state index >= 15 is 0 Å². The van der Waals surface area contributed by atoms with E-state index in [0.717, 1.165) is 12.1 Å². The molecular weight excluding hydrogens is 220 g/mol. The van der Waals surface area contributed by atoms with Crippen LogP contribution in [0.3, 0.4) is 0 Å². The second kappa shape index (κ2) is 3.98. The zero-order chi connectivity index (χ0) is 11.0. The van der Waals surface area contributed by atoms with Crippen molar-refractivity contribution in [3.05, 3.63) is 29.3 Å². The molecule has 0 spiro atoms. The fourth-order valence-corrected chi connectivity index (χ4v) is 3.09. The Hall–Kier alpha value is -0.810. The van der Waals surface area contributed by atoms with E-state index in [9.17, 15) is 13.0 Å². The van der Waals surface area contributed by atoms with Gasteiger partial charge in [-0.1, -0.05) is 0 Å². The van der Waals surface area contributed by atoms with Crippen LogP contribution in [0.25, 0.3) is 0 Å². The van der Waals surface area contributed by atoms with Gasteiger partial charge in [-0.05, 0) is 30.5 Å². The van der Waals surface area contributed by atoms with Crippen LogP contribution in [0.4, 0.5) is 8.78 Å². The minimum absolute atomic E-state index is 0.346. The Kier molecular flexibility index (Phi) is 2.84. The highest BCUT2D eigenvalue weighted by Crippen LogP contribution is 2.29. The van der Waals surface area contributed by atoms with Crippen molar-refractivity contribution in [3.63, 3.8) is 0 Å². The summed E-state index contributed by atoms with van der Waals surface area (Å²) in [5.41, 5.74) is 6.28. The topological polar surface area (TPSA) is 43.1 Å². The predicted molar refractivity (Wildman–Crippen MR) is 53.8 cm³/mol. The largest absolute Gasteiger partial charge is 0.324 e. The van der Waals surface area contributed by atoms with Gasteiger partial charge in [0.15, 0.2) is 11.6 Å². The van der Waals surface area contributed by atoms with Crippen molar-refractivity contribution in [1.82, 2.24) is 0 Å². The van der Waals surface area contributed by atoms with Crippen molar-refractivity contribution in [2.45, 2.75) is 23.8 Å². The molecular formula is C10H11F2NOS. The second-order valence-electron chi connectivity index (χ2n) is 3.60. The molecule has 2 N–H and O–H groups in total. The molecule has 2 nitrogen and oxygen atoms in total. The first kappa shape index (κ1) is 10.7. The van der Waals surface area contributed by atoms with Crippen molar-refractivity contribution in [1.29, 1.82) is 0 Å². The average Bonchev–Trinajstić information content (AvgIpc) is 2.31. The minimum atomic E-state index is -1.26. The van der Waals surface area contributed by atoms with E-state index < -0.39 is 22.4 Å². The van der Waals surface area contributed by atoms with E-state index in [0.29, 0.717) is 29.1 Å². The molecule has 1 aromatic rings. The Bertz CT molecular complexity index is 422. The Labute approximate surface area is 88.9 Å². The first-order chi connectivity index (χ1) is 7.09. The summed E-state index contributed by atoms with van der Waals surface area (Å²) in [5, 5.41) is 0. The number of halogens is 2. The third-order valence-electron chi connectivity index (χ3n) is 2.54. The molecule has 2 atom stereocenters. The highest BCUT2D eigenvalue weighted by atomic mass is 32.2. The van der Waals surface area contributed by atoms with Gasteiger partial charge in [0.25, 0.3) is 0 Å². The van der Waals surface area contributed by atoms with Gasteiger partial charge in [-0.2, -0.15) is 0 Å². The maximum atomic E-state index is 13.0. The molecule has 82 valence electrons. The van der Waals surface area contributed by atoms with Crippen molar-refractivity contribution in [2.75, 3.05) is 5.75 Å². The van der Waals surface area contributed by atoms with Crippen LogP contribution >= 0.6 is 0 Å². The molecule has 1 aromatic carbocycles. The van der Waals surface area contributed by atoms with Gasteiger partial charge < -0.3 is 5.73 Å².